The Bertz CT molecular complexity index is 474. The number of epoxide rings is 1. The molecule has 1 aliphatic carbocycles. The monoisotopic (exact) mass is 290 g/mol. The third-order valence-electron chi connectivity index (χ3n) is 4.67. The van der Waals surface area contributed by atoms with Gasteiger partial charge >= 0.3 is 0 Å². The van der Waals surface area contributed by atoms with Crippen LogP contribution in [0.2, 0.25) is 19.6 Å². The highest BCUT2D eigenvalue weighted by Gasteiger charge is 2.69. The molecule has 1 saturated carbocycles. The van der Waals surface area contributed by atoms with Gasteiger partial charge in [-0.15, -0.1) is 0 Å². The first-order valence-corrected chi connectivity index (χ1v) is 11.2. The van der Waals surface area contributed by atoms with Crippen LogP contribution in [0.3, 0.4) is 0 Å². The summed E-state index contributed by atoms with van der Waals surface area (Å²) in [7, 11) is -1.61. The molecule has 1 aromatic rings. The maximum Gasteiger partial charge on any atom is 0.184 e. The number of benzene rings is 1. The molecule has 1 aliphatic heterocycles. The molecule has 1 aromatic carbocycles. The highest BCUT2D eigenvalue weighted by Crippen LogP contribution is 2.61. The highest BCUT2D eigenvalue weighted by atomic mass is 28.4. The van der Waals surface area contributed by atoms with Crippen LogP contribution in [0.4, 0.5) is 0 Å². The smallest absolute Gasteiger partial charge is 0.184 e. The van der Waals surface area contributed by atoms with Crippen molar-refractivity contribution in [1.82, 2.24) is 0 Å². The van der Waals surface area contributed by atoms with Gasteiger partial charge in [-0.3, -0.25) is 0 Å². The number of ether oxygens (including phenoxy) is 1. The fraction of sp³-hybridized carbons (Fsp3) is 0.647. The average Bonchev–Trinajstić information content (AvgIpc) is 2.86. The fourth-order valence-corrected chi connectivity index (χ4v) is 5.58. The highest BCUT2D eigenvalue weighted by molar-refractivity contribution is 6.69. The molecule has 20 heavy (non-hydrogen) atoms. The second-order valence-corrected chi connectivity index (χ2v) is 11.7. The van der Waals surface area contributed by atoms with Crippen molar-refractivity contribution >= 4 is 8.32 Å². The lowest BCUT2D eigenvalue weighted by Crippen LogP contribution is -2.51. The Morgan fingerprint density at radius 3 is 2.10 bits per heavy atom. The van der Waals surface area contributed by atoms with E-state index in [2.05, 4.69) is 56.9 Å². The van der Waals surface area contributed by atoms with E-state index < -0.39 is 8.32 Å². The Kier molecular flexibility index (Phi) is 3.35. The summed E-state index contributed by atoms with van der Waals surface area (Å²) in [6.07, 6.45) is 5.05. The van der Waals surface area contributed by atoms with E-state index in [1.165, 1.54) is 18.4 Å². The van der Waals surface area contributed by atoms with E-state index in [1.807, 2.05) is 0 Å². The summed E-state index contributed by atoms with van der Waals surface area (Å²) in [6.45, 7) is 9.07. The van der Waals surface area contributed by atoms with Gasteiger partial charge in [-0.2, -0.15) is 0 Å². The van der Waals surface area contributed by atoms with Crippen LogP contribution in [-0.2, 0) is 14.8 Å². The van der Waals surface area contributed by atoms with Gasteiger partial charge in [0.1, 0.15) is 5.60 Å². The van der Waals surface area contributed by atoms with E-state index in [-0.39, 0.29) is 17.3 Å². The Morgan fingerprint density at radius 1 is 1.10 bits per heavy atom. The molecule has 0 N–H and O–H groups in total. The number of rotatable bonds is 4. The van der Waals surface area contributed by atoms with E-state index in [0.717, 1.165) is 12.8 Å². The Hall–Kier alpha value is -0.643. The summed E-state index contributed by atoms with van der Waals surface area (Å²) in [6, 6.07) is 10.7. The molecule has 0 radical (unpaired) electrons. The summed E-state index contributed by atoms with van der Waals surface area (Å²) >= 11 is 0. The van der Waals surface area contributed by atoms with Gasteiger partial charge in [-0.05, 0) is 45.0 Å². The SMILES string of the molecule is C[C@@H]1O[C@@]1(c1ccccc1)C1(O[Si](C)(C)C)CCCC1. The number of hydrogen-bond acceptors (Lipinski definition) is 2. The van der Waals surface area contributed by atoms with Gasteiger partial charge in [0.15, 0.2) is 8.32 Å². The van der Waals surface area contributed by atoms with E-state index in [9.17, 15) is 0 Å². The molecule has 3 rings (SSSR count). The molecule has 1 saturated heterocycles. The first kappa shape index (κ1) is 14.3. The molecule has 3 heteroatoms. The van der Waals surface area contributed by atoms with E-state index in [1.54, 1.807) is 0 Å². The molecular weight excluding hydrogens is 264 g/mol. The normalized spacial score (nSPS) is 32.3. The third-order valence-corrected chi connectivity index (χ3v) is 5.67. The summed E-state index contributed by atoms with van der Waals surface area (Å²) in [4.78, 5) is 0. The Balaban J connectivity index is 2.02. The molecule has 2 atom stereocenters. The Labute approximate surface area is 123 Å². The molecule has 2 aliphatic rings. The van der Waals surface area contributed by atoms with Gasteiger partial charge < -0.3 is 9.16 Å². The van der Waals surface area contributed by atoms with E-state index >= 15 is 0 Å². The second kappa shape index (κ2) is 4.69. The van der Waals surface area contributed by atoms with Crippen molar-refractivity contribution in [1.29, 1.82) is 0 Å². The maximum atomic E-state index is 6.75. The van der Waals surface area contributed by atoms with Gasteiger partial charge in [0.2, 0.25) is 0 Å². The number of hydrogen-bond donors (Lipinski definition) is 0. The molecule has 0 spiro atoms. The summed E-state index contributed by atoms with van der Waals surface area (Å²) in [5.41, 5.74) is 0.996. The molecule has 0 bridgehead atoms. The van der Waals surface area contributed by atoms with Crippen LogP contribution >= 0.6 is 0 Å². The zero-order chi connectivity index (χ0) is 14.4. The molecule has 0 amide bonds. The molecular formula is C17H26O2Si. The summed E-state index contributed by atoms with van der Waals surface area (Å²) in [5, 5.41) is 0. The quantitative estimate of drug-likeness (QED) is 0.603. The van der Waals surface area contributed by atoms with Crippen molar-refractivity contribution in [3.8, 4) is 0 Å². The zero-order valence-electron chi connectivity index (χ0n) is 13.1. The fourth-order valence-electron chi connectivity index (χ4n) is 4.06. The largest absolute Gasteiger partial charge is 0.409 e. The van der Waals surface area contributed by atoms with Crippen molar-refractivity contribution in [3.63, 3.8) is 0 Å². The van der Waals surface area contributed by atoms with Crippen LogP contribution < -0.4 is 0 Å². The molecule has 1 heterocycles. The average molecular weight is 290 g/mol. The predicted molar refractivity (Wildman–Crippen MR) is 84.3 cm³/mol. The van der Waals surface area contributed by atoms with Crippen LogP contribution in [0.15, 0.2) is 30.3 Å². The zero-order valence-corrected chi connectivity index (χ0v) is 14.1. The third kappa shape index (κ3) is 2.16. The summed E-state index contributed by atoms with van der Waals surface area (Å²) < 4.78 is 13.0. The first-order valence-electron chi connectivity index (χ1n) is 7.83. The maximum absolute atomic E-state index is 6.75. The topological polar surface area (TPSA) is 21.8 Å². The van der Waals surface area contributed by atoms with Crippen molar-refractivity contribution in [2.45, 2.75) is 69.6 Å². The molecule has 0 unspecified atom stereocenters. The minimum Gasteiger partial charge on any atom is -0.409 e. The van der Waals surface area contributed by atoms with Crippen LogP contribution in [0.5, 0.6) is 0 Å². The standard InChI is InChI=1S/C17H26O2Si/c1-14-17(18-14,15-10-6-5-7-11-15)16(12-8-9-13-16)19-20(2,3)4/h5-7,10-11,14H,8-9,12-13H2,1-4H3/t14-,17-/m0/s1. The lowest BCUT2D eigenvalue weighted by Gasteiger charge is -2.41. The molecule has 110 valence electrons. The minimum atomic E-state index is -1.61. The van der Waals surface area contributed by atoms with Crippen LogP contribution in [0.1, 0.15) is 38.2 Å². The van der Waals surface area contributed by atoms with E-state index in [4.69, 9.17) is 9.16 Å². The minimum absolute atomic E-state index is 0.0990. The second-order valence-electron chi connectivity index (χ2n) is 7.28. The molecule has 2 fully saturated rings. The van der Waals surface area contributed by atoms with Crippen molar-refractivity contribution in [2.75, 3.05) is 0 Å². The van der Waals surface area contributed by atoms with Crippen LogP contribution in [0, 0.1) is 0 Å². The van der Waals surface area contributed by atoms with Crippen molar-refractivity contribution in [3.05, 3.63) is 35.9 Å². The Morgan fingerprint density at radius 2 is 1.65 bits per heavy atom. The van der Waals surface area contributed by atoms with Gasteiger partial charge in [0.05, 0.1) is 11.7 Å². The van der Waals surface area contributed by atoms with Crippen molar-refractivity contribution in [2.24, 2.45) is 0 Å². The molecule has 2 nitrogen and oxygen atoms in total. The van der Waals surface area contributed by atoms with Gasteiger partial charge in [0, 0.05) is 0 Å². The van der Waals surface area contributed by atoms with Crippen molar-refractivity contribution < 1.29 is 9.16 Å². The predicted octanol–water partition coefficient (Wildman–Crippen LogP) is 4.46. The molecule has 0 aromatic heterocycles. The van der Waals surface area contributed by atoms with Crippen LogP contribution in [-0.4, -0.2) is 20.0 Å². The van der Waals surface area contributed by atoms with E-state index in [0.29, 0.717) is 0 Å². The van der Waals surface area contributed by atoms with Gasteiger partial charge in [-0.25, -0.2) is 0 Å². The lowest BCUT2D eigenvalue weighted by molar-refractivity contribution is -0.0184. The van der Waals surface area contributed by atoms with Crippen LogP contribution in [0.25, 0.3) is 0 Å². The summed E-state index contributed by atoms with van der Waals surface area (Å²) in [5.74, 6) is 0. The van der Waals surface area contributed by atoms with Gasteiger partial charge in [-0.1, -0.05) is 43.2 Å². The first-order chi connectivity index (χ1) is 9.40. The van der Waals surface area contributed by atoms with Gasteiger partial charge in [0.25, 0.3) is 0 Å². The lowest BCUT2D eigenvalue weighted by atomic mass is 9.78.